The summed E-state index contributed by atoms with van der Waals surface area (Å²) in [6, 6.07) is 0. The van der Waals surface area contributed by atoms with Gasteiger partial charge in [-0.1, -0.05) is 13.8 Å². The predicted molar refractivity (Wildman–Crippen MR) is 76.0 cm³/mol. The van der Waals surface area contributed by atoms with Gasteiger partial charge in [0.25, 0.3) is 0 Å². The first-order chi connectivity index (χ1) is 10.2. The Morgan fingerprint density at radius 3 is 2.18 bits per heavy atom. The normalized spacial score (nSPS) is 13.6. The second-order valence-corrected chi connectivity index (χ2v) is 4.83. The van der Waals surface area contributed by atoms with E-state index < -0.39 is 36.4 Å². The third-order valence-electron chi connectivity index (χ3n) is 3.11. The van der Waals surface area contributed by atoms with E-state index in [1.807, 2.05) is 13.8 Å². The standard InChI is InChI=1S/C13H24N2O7/c1-3-15(4-2)7-5-6-14-22-11(18)9-13(21,12(19)20)8-10(16)17/h14,21H,3-9H2,1-2H3,(H,16,17)(H,19,20). The lowest BCUT2D eigenvalue weighted by Crippen LogP contribution is -2.43. The molecule has 0 aromatic carbocycles. The maximum atomic E-state index is 11.4. The molecule has 22 heavy (non-hydrogen) atoms. The fourth-order valence-electron chi connectivity index (χ4n) is 1.78. The van der Waals surface area contributed by atoms with E-state index in [9.17, 15) is 19.5 Å². The van der Waals surface area contributed by atoms with Crippen molar-refractivity contribution in [2.45, 2.75) is 38.7 Å². The Morgan fingerprint density at radius 1 is 1.14 bits per heavy atom. The molecule has 9 heteroatoms. The van der Waals surface area contributed by atoms with Crippen molar-refractivity contribution in [2.75, 3.05) is 26.2 Å². The Labute approximate surface area is 128 Å². The van der Waals surface area contributed by atoms with Gasteiger partial charge >= 0.3 is 17.9 Å². The minimum Gasteiger partial charge on any atom is -0.481 e. The molecular formula is C13H24N2O7. The summed E-state index contributed by atoms with van der Waals surface area (Å²) in [5.74, 6) is -4.34. The highest BCUT2D eigenvalue weighted by Crippen LogP contribution is 2.16. The summed E-state index contributed by atoms with van der Waals surface area (Å²) in [6.07, 6.45) is -1.32. The Morgan fingerprint density at radius 2 is 1.73 bits per heavy atom. The predicted octanol–water partition coefficient (Wildman–Crippen LogP) is -0.553. The first-order valence-corrected chi connectivity index (χ1v) is 7.07. The third kappa shape index (κ3) is 7.91. The quantitative estimate of drug-likeness (QED) is 0.275. The van der Waals surface area contributed by atoms with Crippen LogP contribution in [-0.4, -0.2) is 69.9 Å². The molecule has 0 amide bonds. The van der Waals surface area contributed by atoms with E-state index in [2.05, 4.69) is 15.2 Å². The lowest BCUT2D eigenvalue weighted by Gasteiger charge is -2.20. The number of rotatable bonds is 12. The molecule has 4 N–H and O–H groups in total. The van der Waals surface area contributed by atoms with Crippen LogP contribution in [0.25, 0.3) is 0 Å². The van der Waals surface area contributed by atoms with Crippen molar-refractivity contribution in [3.05, 3.63) is 0 Å². The molecule has 0 aromatic rings. The fourth-order valence-corrected chi connectivity index (χ4v) is 1.78. The van der Waals surface area contributed by atoms with Crippen molar-refractivity contribution < 1.29 is 34.5 Å². The third-order valence-corrected chi connectivity index (χ3v) is 3.11. The molecule has 0 saturated carbocycles. The van der Waals surface area contributed by atoms with Gasteiger partial charge < -0.3 is 25.1 Å². The van der Waals surface area contributed by atoms with Gasteiger partial charge in [0.1, 0.15) is 0 Å². The molecule has 0 heterocycles. The maximum absolute atomic E-state index is 11.4. The van der Waals surface area contributed by atoms with Crippen LogP contribution in [0.4, 0.5) is 0 Å². The Kier molecular flexibility index (Phi) is 9.31. The molecule has 0 fully saturated rings. The van der Waals surface area contributed by atoms with Gasteiger partial charge in [0.05, 0.1) is 12.8 Å². The number of nitrogens with one attached hydrogen (secondary N) is 1. The number of nitrogens with zero attached hydrogens (tertiary/aromatic N) is 1. The summed E-state index contributed by atoms with van der Waals surface area (Å²) >= 11 is 0. The maximum Gasteiger partial charge on any atom is 0.336 e. The summed E-state index contributed by atoms with van der Waals surface area (Å²) in [7, 11) is 0. The molecule has 1 atom stereocenters. The molecule has 0 rings (SSSR count). The van der Waals surface area contributed by atoms with Gasteiger partial charge in [-0.25, -0.2) is 4.79 Å². The first kappa shape index (κ1) is 20.3. The number of hydrogen-bond donors (Lipinski definition) is 4. The van der Waals surface area contributed by atoms with Crippen LogP contribution in [0.3, 0.4) is 0 Å². The summed E-state index contributed by atoms with van der Waals surface area (Å²) in [6.45, 7) is 7.08. The topological polar surface area (TPSA) is 136 Å². The number of carboxylic acid groups (broad SMARTS) is 2. The van der Waals surface area contributed by atoms with E-state index in [-0.39, 0.29) is 0 Å². The number of carbonyl (C=O) groups is 3. The zero-order valence-electron chi connectivity index (χ0n) is 12.9. The molecule has 0 aromatic heterocycles. The number of aliphatic carboxylic acids is 2. The van der Waals surface area contributed by atoms with Crippen LogP contribution in [-0.2, 0) is 19.2 Å². The molecular weight excluding hydrogens is 296 g/mol. The SMILES string of the molecule is CCN(CC)CCCNOC(=O)CC(O)(CC(=O)O)C(=O)O. The minimum absolute atomic E-state index is 0.368. The van der Waals surface area contributed by atoms with Crippen LogP contribution < -0.4 is 5.48 Å². The Bertz CT molecular complexity index is 385. The van der Waals surface area contributed by atoms with Crippen molar-refractivity contribution in [2.24, 2.45) is 0 Å². The highest BCUT2D eigenvalue weighted by molar-refractivity contribution is 5.88. The molecule has 128 valence electrons. The summed E-state index contributed by atoms with van der Waals surface area (Å²) in [5.41, 5.74) is -0.299. The van der Waals surface area contributed by atoms with Crippen molar-refractivity contribution in [1.29, 1.82) is 0 Å². The lowest BCUT2D eigenvalue weighted by molar-refractivity contribution is -0.174. The monoisotopic (exact) mass is 320 g/mol. The number of carboxylic acids is 2. The molecule has 0 spiro atoms. The number of aliphatic hydroxyl groups is 1. The summed E-state index contributed by atoms with van der Waals surface area (Å²) < 4.78 is 0. The van der Waals surface area contributed by atoms with Crippen molar-refractivity contribution >= 4 is 17.9 Å². The van der Waals surface area contributed by atoms with E-state index in [0.29, 0.717) is 13.0 Å². The fraction of sp³-hybridized carbons (Fsp3) is 0.769. The van der Waals surface area contributed by atoms with Crippen LogP contribution in [0.1, 0.15) is 33.1 Å². The van der Waals surface area contributed by atoms with Crippen LogP contribution in [0.15, 0.2) is 0 Å². The Balaban J connectivity index is 4.11. The average molecular weight is 320 g/mol. The molecule has 1 unspecified atom stereocenters. The van der Waals surface area contributed by atoms with Gasteiger partial charge in [-0.3, -0.25) is 9.59 Å². The smallest absolute Gasteiger partial charge is 0.336 e. The lowest BCUT2D eigenvalue weighted by atomic mass is 9.96. The van der Waals surface area contributed by atoms with Gasteiger partial charge in [-0.05, 0) is 26.1 Å². The van der Waals surface area contributed by atoms with E-state index in [4.69, 9.17) is 10.2 Å². The van der Waals surface area contributed by atoms with Gasteiger partial charge in [0.2, 0.25) is 0 Å². The zero-order valence-corrected chi connectivity index (χ0v) is 12.9. The second kappa shape index (κ2) is 10.1. The minimum atomic E-state index is -2.67. The number of carbonyl (C=O) groups excluding carboxylic acids is 1. The van der Waals surface area contributed by atoms with Gasteiger partial charge in [0.15, 0.2) is 5.60 Å². The first-order valence-electron chi connectivity index (χ1n) is 7.07. The largest absolute Gasteiger partial charge is 0.481 e. The zero-order chi connectivity index (χ0) is 17.2. The van der Waals surface area contributed by atoms with Gasteiger partial charge in [-0.2, -0.15) is 5.48 Å². The second-order valence-electron chi connectivity index (χ2n) is 4.83. The molecule has 0 bridgehead atoms. The Hall–Kier alpha value is -1.71. The van der Waals surface area contributed by atoms with Gasteiger partial charge in [0, 0.05) is 6.54 Å². The number of hydroxylamine groups is 1. The molecule has 0 radical (unpaired) electrons. The molecule has 0 saturated heterocycles. The molecule has 9 nitrogen and oxygen atoms in total. The molecule has 0 aliphatic rings. The molecule has 0 aliphatic carbocycles. The van der Waals surface area contributed by atoms with Crippen LogP contribution >= 0.6 is 0 Å². The number of hydrogen-bond acceptors (Lipinski definition) is 7. The highest BCUT2D eigenvalue weighted by atomic mass is 16.7. The highest BCUT2D eigenvalue weighted by Gasteiger charge is 2.41. The van der Waals surface area contributed by atoms with Crippen LogP contribution in [0.5, 0.6) is 0 Å². The summed E-state index contributed by atoms with van der Waals surface area (Å²) in [4.78, 5) is 39.6. The van der Waals surface area contributed by atoms with Crippen LogP contribution in [0, 0.1) is 0 Å². The van der Waals surface area contributed by atoms with E-state index in [0.717, 1.165) is 19.6 Å². The van der Waals surface area contributed by atoms with E-state index in [1.54, 1.807) is 0 Å². The van der Waals surface area contributed by atoms with Crippen molar-refractivity contribution in [1.82, 2.24) is 10.4 Å². The van der Waals surface area contributed by atoms with Crippen LogP contribution in [0.2, 0.25) is 0 Å². The van der Waals surface area contributed by atoms with E-state index in [1.165, 1.54) is 0 Å². The van der Waals surface area contributed by atoms with Crippen molar-refractivity contribution in [3.63, 3.8) is 0 Å². The van der Waals surface area contributed by atoms with Crippen molar-refractivity contribution in [3.8, 4) is 0 Å². The summed E-state index contributed by atoms with van der Waals surface area (Å²) in [5, 5.41) is 27.0. The van der Waals surface area contributed by atoms with E-state index >= 15 is 0 Å². The average Bonchev–Trinajstić information content (AvgIpc) is 2.41. The molecule has 0 aliphatic heterocycles. The van der Waals surface area contributed by atoms with Gasteiger partial charge in [-0.15, -0.1) is 0 Å².